The Morgan fingerprint density at radius 2 is 1.89 bits per heavy atom. The second kappa shape index (κ2) is 7.29. The summed E-state index contributed by atoms with van der Waals surface area (Å²) in [7, 11) is 0. The van der Waals surface area contributed by atoms with Crippen LogP contribution in [-0.2, 0) is 31.3 Å². The van der Waals surface area contributed by atoms with Crippen molar-refractivity contribution in [2.24, 2.45) is 17.6 Å². The monoisotopic (exact) mass is 476 g/mol. The maximum absolute atomic E-state index is 13.9. The number of nitrogens with zero attached hydrogens (tertiary/aromatic N) is 1. The van der Waals surface area contributed by atoms with Gasteiger partial charge in [-0.3, -0.25) is 29.4 Å². The van der Waals surface area contributed by atoms with E-state index >= 15 is 0 Å². The largest absolute Gasteiger partial charge is 0.454 e. The van der Waals surface area contributed by atoms with E-state index in [0.717, 1.165) is 11.1 Å². The molecule has 4 amide bonds. The first-order valence-corrected chi connectivity index (χ1v) is 11.4. The number of fused-ring (bicyclic) bond motifs is 5. The third-order valence-electron chi connectivity index (χ3n) is 7.46. The number of carbonyl (C=O) groups is 4. The van der Waals surface area contributed by atoms with E-state index in [4.69, 9.17) is 15.2 Å². The average Bonchev–Trinajstić information content (AvgIpc) is 3.51. The van der Waals surface area contributed by atoms with Crippen molar-refractivity contribution in [1.82, 2.24) is 10.2 Å². The molecule has 10 heteroatoms. The fourth-order valence-corrected chi connectivity index (χ4v) is 6.09. The number of rotatable bonds is 4. The van der Waals surface area contributed by atoms with E-state index in [1.807, 2.05) is 26.0 Å². The molecule has 4 aliphatic heterocycles. The summed E-state index contributed by atoms with van der Waals surface area (Å²) in [5.41, 5.74) is 7.74. The molecule has 0 saturated carbocycles. The first-order valence-electron chi connectivity index (χ1n) is 11.4. The summed E-state index contributed by atoms with van der Waals surface area (Å²) >= 11 is 0. The normalized spacial score (nSPS) is 28.0. The van der Waals surface area contributed by atoms with Gasteiger partial charge in [0, 0.05) is 23.7 Å². The maximum atomic E-state index is 13.9. The average molecular weight is 476 g/mol. The van der Waals surface area contributed by atoms with Crippen LogP contribution >= 0.6 is 0 Å². The standard InChI is InChI=1S/C25H24N4O6/c1-11-5-12(2)21-14(6-11)25(24(33)27-21)20-19(15(28-25)8-18(26)30)22(31)29(23(20)32)9-13-3-4-16-17(7-13)35-10-34-16/h3-7,15,19-20,28H,8-10H2,1-2H3,(H2,26,30)(H,27,33)/t15-,19-,20-,25-/m1/s1. The number of nitrogens with two attached hydrogens (primary N) is 1. The van der Waals surface area contributed by atoms with Gasteiger partial charge in [0.15, 0.2) is 11.5 Å². The Morgan fingerprint density at radius 1 is 1.11 bits per heavy atom. The molecule has 2 fully saturated rings. The van der Waals surface area contributed by atoms with Crippen LogP contribution in [0.1, 0.15) is 28.7 Å². The van der Waals surface area contributed by atoms with Gasteiger partial charge in [-0.25, -0.2) is 0 Å². The summed E-state index contributed by atoms with van der Waals surface area (Å²) in [5.74, 6) is -2.68. The number of ether oxygens (including phenoxy) is 2. The van der Waals surface area contributed by atoms with Crippen LogP contribution in [0.3, 0.4) is 0 Å². The van der Waals surface area contributed by atoms with Crippen LogP contribution in [0.25, 0.3) is 0 Å². The molecule has 0 bridgehead atoms. The highest BCUT2D eigenvalue weighted by Gasteiger charge is 2.70. The van der Waals surface area contributed by atoms with Gasteiger partial charge in [-0.2, -0.15) is 0 Å². The topological polar surface area (TPSA) is 140 Å². The Bertz CT molecular complexity index is 1340. The molecule has 4 atom stereocenters. The van der Waals surface area contributed by atoms with E-state index in [0.29, 0.717) is 28.3 Å². The van der Waals surface area contributed by atoms with Crippen LogP contribution in [0.5, 0.6) is 11.5 Å². The maximum Gasteiger partial charge on any atom is 0.250 e. The number of primary amides is 1. The number of hydrogen-bond acceptors (Lipinski definition) is 7. The van der Waals surface area contributed by atoms with Crippen molar-refractivity contribution in [3.8, 4) is 11.5 Å². The van der Waals surface area contributed by atoms with Crippen molar-refractivity contribution >= 4 is 29.3 Å². The van der Waals surface area contributed by atoms with Crippen LogP contribution in [-0.4, -0.2) is 41.4 Å². The molecule has 4 heterocycles. The molecule has 0 radical (unpaired) electrons. The predicted molar refractivity (Wildman–Crippen MR) is 122 cm³/mol. The molecular weight excluding hydrogens is 452 g/mol. The molecule has 0 unspecified atom stereocenters. The summed E-state index contributed by atoms with van der Waals surface area (Å²) in [5, 5.41) is 6.13. The van der Waals surface area contributed by atoms with E-state index in [9.17, 15) is 19.2 Å². The zero-order valence-corrected chi connectivity index (χ0v) is 19.2. The Balaban J connectivity index is 1.44. The molecule has 0 aromatic heterocycles. The summed E-state index contributed by atoms with van der Waals surface area (Å²) in [4.78, 5) is 54.1. The predicted octanol–water partition coefficient (Wildman–Crippen LogP) is 0.828. The highest BCUT2D eigenvalue weighted by molar-refractivity contribution is 6.15. The first-order chi connectivity index (χ1) is 16.7. The highest BCUT2D eigenvalue weighted by Crippen LogP contribution is 2.54. The molecule has 1 spiro atoms. The molecule has 35 heavy (non-hydrogen) atoms. The number of aryl methyl sites for hydroxylation is 2. The quantitative estimate of drug-likeness (QED) is 0.555. The van der Waals surface area contributed by atoms with E-state index < -0.39 is 47.0 Å². The Labute approximate surface area is 200 Å². The fraction of sp³-hybridized carbons (Fsp3) is 0.360. The van der Waals surface area contributed by atoms with Crippen molar-refractivity contribution < 1.29 is 28.7 Å². The fourth-order valence-electron chi connectivity index (χ4n) is 6.09. The number of amides is 4. The number of nitrogens with one attached hydrogen (secondary N) is 2. The lowest BCUT2D eigenvalue weighted by Gasteiger charge is -2.29. The second-order valence-electron chi connectivity index (χ2n) is 9.64. The van der Waals surface area contributed by atoms with Crippen LogP contribution < -0.4 is 25.8 Å². The van der Waals surface area contributed by atoms with Crippen molar-refractivity contribution in [3.63, 3.8) is 0 Å². The lowest BCUT2D eigenvalue weighted by Crippen LogP contribution is -2.53. The lowest BCUT2D eigenvalue weighted by atomic mass is 9.76. The minimum Gasteiger partial charge on any atom is -0.454 e. The minimum absolute atomic E-state index is 0.0159. The Morgan fingerprint density at radius 3 is 2.66 bits per heavy atom. The molecular formula is C25H24N4O6. The molecule has 4 N–H and O–H groups in total. The molecule has 2 aromatic carbocycles. The molecule has 2 saturated heterocycles. The summed E-state index contributed by atoms with van der Waals surface area (Å²) in [6, 6.07) is 8.27. The summed E-state index contributed by atoms with van der Waals surface area (Å²) in [6.07, 6.45) is -0.173. The SMILES string of the molecule is Cc1cc(C)c2c(c1)[C@]1(N[C@H](CC(N)=O)[C@H]3C(=O)N(Cc4ccc5c(c4)OCO5)C(=O)[C@@H]31)C(=O)N2. The molecule has 0 aliphatic carbocycles. The van der Waals surface area contributed by atoms with Crippen molar-refractivity contribution in [3.05, 3.63) is 52.6 Å². The van der Waals surface area contributed by atoms with Gasteiger partial charge in [-0.15, -0.1) is 0 Å². The summed E-state index contributed by atoms with van der Waals surface area (Å²) in [6.45, 7) is 3.92. The molecule has 180 valence electrons. The van der Waals surface area contributed by atoms with E-state index in [2.05, 4.69) is 10.6 Å². The second-order valence-corrected chi connectivity index (χ2v) is 9.64. The van der Waals surface area contributed by atoms with Gasteiger partial charge < -0.3 is 20.5 Å². The van der Waals surface area contributed by atoms with Crippen LogP contribution in [0.15, 0.2) is 30.3 Å². The van der Waals surface area contributed by atoms with Crippen LogP contribution in [0.2, 0.25) is 0 Å². The first kappa shape index (κ1) is 21.6. The van der Waals surface area contributed by atoms with Gasteiger partial charge in [0.05, 0.1) is 18.4 Å². The van der Waals surface area contributed by atoms with Crippen LogP contribution in [0, 0.1) is 25.7 Å². The lowest BCUT2D eigenvalue weighted by molar-refractivity contribution is -0.143. The zero-order valence-electron chi connectivity index (χ0n) is 19.2. The van der Waals surface area contributed by atoms with Crippen molar-refractivity contribution in [2.75, 3.05) is 12.1 Å². The van der Waals surface area contributed by atoms with Crippen molar-refractivity contribution in [2.45, 2.75) is 38.4 Å². The van der Waals surface area contributed by atoms with Gasteiger partial charge in [-0.1, -0.05) is 23.8 Å². The molecule has 2 aromatic rings. The minimum atomic E-state index is -1.47. The van der Waals surface area contributed by atoms with E-state index in [-0.39, 0.29) is 19.8 Å². The smallest absolute Gasteiger partial charge is 0.250 e. The van der Waals surface area contributed by atoms with E-state index in [1.165, 1.54) is 4.90 Å². The number of likely N-dealkylation sites (tertiary alicyclic amines) is 1. The third-order valence-corrected chi connectivity index (χ3v) is 7.46. The molecule has 6 rings (SSSR count). The molecule has 10 nitrogen and oxygen atoms in total. The number of benzene rings is 2. The van der Waals surface area contributed by atoms with Gasteiger partial charge in [0.2, 0.25) is 30.4 Å². The number of carbonyl (C=O) groups excluding carboxylic acids is 4. The van der Waals surface area contributed by atoms with Gasteiger partial charge >= 0.3 is 0 Å². The zero-order chi connectivity index (χ0) is 24.6. The van der Waals surface area contributed by atoms with Crippen LogP contribution in [0.4, 0.5) is 5.69 Å². The van der Waals surface area contributed by atoms with Gasteiger partial charge in [0.1, 0.15) is 5.54 Å². The van der Waals surface area contributed by atoms with Gasteiger partial charge in [0.25, 0.3) is 0 Å². The summed E-state index contributed by atoms with van der Waals surface area (Å²) < 4.78 is 10.8. The van der Waals surface area contributed by atoms with Gasteiger partial charge in [-0.05, 0) is 37.1 Å². The van der Waals surface area contributed by atoms with Crippen molar-refractivity contribution in [1.29, 1.82) is 0 Å². The number of hydrogen-bond donors (Lipinski definition) is 3. The Hall–Kier alpha value is -3.92. The number of anilines is 1. The molecule has 4 aliphatic rings. The highest BCUT2D eigenvalue weighted by atomic mass is 16.7. The Kier molecular flexibility index (Phi) is 4.50. The third kappa shape index (κ3) is 2.92. The number of imide groups is 1. The van der Waals surface area contributed by atoms with E-state index in [1.54, 1.807) is 18.2 Å².